The Morgan fingerprint density at radius 3 is 2.58 bits per heavy atom. The van der Waals surface area contributed by atoms with E-state index in [1.165, 1.54) is 0 Å². The molecule has 0 saturated carbocycles. The van der Waals surface area contributed by atoms with Crippen molar-refractivity contribution in [1.29, 1.82) is 0 Å². The molecule has 31 heavy (non-hydrogen) atoms. The van der Waals surface area contributed by atoms with Crippen LogP contribution in [0.25, 0.3) is 11.6 Å². The van der Waals surface area contributed by atoms with Crippen LogP contribution in [0, 0.1) is 0 Å². The summed E-state index contributed by atoms with van der Waals surface area (Å²) in [6.45, 7) is 1.87. The van der Waals surface area contributed by atoms with E-state index < -0.39 is 6.04 Å². The van der Waals surface area contributed by atoms with E-state index in [0.717, 1.165) is 15.7 Å². The van der Waals surface area contributed by atoms with Gasteiger partial charge >= 0.3 is 0 Å². The molecule has 0 bridgehead atoms. The van der Waals surface area contributed by atoms with Crippen LogP contribution < -0.4 is 10.6 Å². The third-order valence-electron chi connectivity index (χ3n) is 5.06. The molecule has 2 aromatic carbocycles. The molecule has 1 amide bonds. The zero-order chi connectivity index (χ0) is 21.4. The van der Waals surface area contributed by atoms with Crippen LogP contribution in [0.5, 0.6) is 0 Å². The van der Waals surface area contributed by atoms with Crippen molar-refractivity contribution in [3.63, 3.8) is 0 Å². The van der Waals surface area contributed by atoms with Crippen molar-refractivity contribution >= 4 is 33.5 Å². The molecule has 8 heteroatoms. The number of para-hydroxylation sites is 1. The second-order valence-corrected chi connectivity index (χ2v) is 8.03. The van der Waals surface area contributed by atoms with Gasteiger partial charge in [0.2, 0.25) is 11.8 Å². The van der Waals surface area contributed by atoms with Crippen molar-refractivity contribution < 1.29 is 9.21 Å². The number of carbonyl (C=O) groups excluding carboxylic acids is 1. The lowest BCUT2D eigenvalue weighted by Crippen LogP contribution is -2.31. The van der Waals surface area contributed by atoms with Crippen LogP contribution >= 0.6 is 15.9 Å². The molecule has 0 aliphatic carbocycles. The maximum absolute atomic E-state index is 13.4. The second-order valence-electron chi connectivity index (χ2n) is 7.12. The quantitative estimate of drug-likeness (QED) is 0.422. The summed E-state index contributed by atoms with van der Waals surface area (Å²) >= 11 is 3.48. The molecule has 4 aromatic rings. The summed E-state index contributed by atoms with van der Waals surface area (Å²) in [6, 6.07) is 20.4. The first kappa shape index (κ1) is 19.3. The van der Waals surface area contributed by atoms with Gasteiger partial charge in [-0.2, -0.15) is 4.98 Å². The van der Waals surface area contributed by atoms with E-state index >= 15 is 0 Å². The molecule has 0 spiro atoms. The van der Waals surface area contributed by atoms with E-state index in [0.29, 0.717) is 28.8 Å². The topological polar surface area (TPSA) is 85.0 Å². The van der Waals surface area contributed by atoms with E-state index in [2.05, 4.69) is 36.6 Å². The van der Waals surface area contributed by atoms with Gasteiger partial charge in [-0.1, -0.05) is 46.3 Å². The molecule has 3 heterocycles. The van der Waals surface area contributed by atoms with Gasteiger partial charge in [-0.15, -0.1) is 5.10 Å². The fourth-order valence-corrected chi connectivity index (χ4v) is 3.89. The molecular weight excluding hydrogens is 458 g/mol. The van der Waals surface area contributed by atoms with Crippen LogP contribution in [0.15, 0.2) is 93.2 Å². The van der Waals surface area contributed by atoms with Gasteiger partial charge in [0.1, 0.15) is 6.04 Å². The first-order valence-corrected chi connectivity index (χ1v) is 10.5. The Hall–Kier alpha value is -3.65. The predicted octanol–water partition coefficient (Wildman–Crippen LogP) is 5.23. The van der Waals surface area contributed by atoms with Crippen molar-refractivity contribution in [2.75, 3.05) is 10.6 Å². The van der Waals surface area contributed by atoms with Gasteiger partial charge in [-0.05, 0) is 48.9 Å². The Morgan fingerprint density at radius 2 is 1.87 bits per heavy atom. The third-order valence-corrected chi connectivity index (χ3v) is 5.58. The predicted molar refractivity (Wildman–Crippen MR) is 121 cm³/mol. The van der Waals surface area contributed by atoms with E-state index in [1.54, 1.807) is 23.1 Å². The smallest absolute Gasteiger partial charge is 0.255 e. The number of halogens is 1. The highest BCUT2D eigenvalue weighted by molar-refractivity contribution is 9.10. The average Bonchev–Trinajstić information content (AvgIpc) is 3.44. The maximum atomic E-state index is 13.4. The van der Waals surface area contributed by atoms with Gasteiger partial charge in [0.25, 0.3) is 5.91 Å². The Kier molecular flexibility index (Phi) is 4.91. The van der Waals surface area contributed by atoms with Gasteiger partial charge in [-0.25, -0.2) is 4.68 Å². The van der Waals surface area contributed by atoms with E-state index in [4.69, 9.17) is 4.42 Å². The van der Waals surface area contributed by atoms with Crippen molar-refractivity contribution in [3.8, 4) is 11.6 Å². The number of amides is 1. The number of nitrogens with one attached hydrogen (secondary N) is 2. The van der Waals surface area contributed by atoms with E-state index in [1.807, 2.05) is 61.5 Å². The molecule has 0 unspecified atom stereocenters. The minimum absolute atomic E-state index is 0.204. The first-order chi connectivity index (χ1) is 15.1. The van der Waals surface area contributed by atoms with Crippen LogP contribution in [0.4, 0.5) is 11.6 Å². The van der Waals surface area contributed by atoms with Crippen LogP contribution in [-0.2, 0) is 4.79 Å². The van der Waals surface area contributed by atoms with Crippen molar-refractivity contribution in [3.05, 3.63) is 94.3 Å². The lowest BCUT2D eigenvalue weighted by atomic mass is 9.95. The zero-order valence-corrected chi connectivity index (χ0v) is 18.1. The second kappa shape index (κ2) is 7.88. The third kappa shape index (κ3) is 3.66. The fourth-order valence-electron chi connectivity index (χ4n) is 3.63. The minimum atomic E-state index is -0.454. The Labute approximate surface area is 186 Å². The number of furan rings is 1. The van der Waals surface area contributed by atoms with Crippen LogP contribution in [-0.4, -0.2) is 20.7 Å². The minimum Gasteiger partial charge on any atom is -0.461 e. The van der Waals surface area contributed by atoms with Crippen LogP contribution in [0.1, 0.15) is 18.5 Å². The number of fused-ring (bicyclic) bond motifs is 1. The first-order valence-electron chi connectivity index (χ1n) is 9.70. The number of carbonyl (C=O) groups is 1. The highest BCUT2D eigenvalue weighted by Crippen LogP contribution is 2.37. The molecule has 0 saturated heterocycles. The van der Waals surface area contributed by atoms with Gasteiger partial charge in [0.15, 0.2) is 5.76 Å². The molecule has 1 aliphatic rings. The molecule has 7 nitrogen and oxygen atoms in total. The summed E-state index contributed by atoms with van der Waals surface area (Å²) in [4.78, 5) is 18.0. The Balaban J connectivity index is 1.60. The van der Waals surface area contributed by atoms with Gasteiger partial charge < -0.3 is 15.1 Å². The summed E-state index contributed by atoms with van der Waals surface area (Å²) in [5, 5.41) is 10.9. The summed E-state index contributed by atoms with van der Waals surface area (Å²) in [5.74, 6) is 1.36. The zero-order valence-electron chi connectivity index (χ0n) is 16.5. The number of rotatable bonds is 4. The lowest BCUT2D eigenvalue weighted by Gasteiger charge is -2.28. The molecular formula is C23H18BrN5O2. The van der Waals surface area contributed by atoms with Crippen LogP contribution in [0.2, 0.25) is 0 Å². The van der Waals surface area contributed by atoms with E-state index in [9.17, 15) is 4.79 Å². The maximum Gasteiger partial charge on any atom is 0.255 e. The average molecular weight is 476 g/mol. The molecule has 0 fully saturated rings. The molecule has 2 aromatic heterocycles. The molecule has 2 N–H and O–H groups in total. The molecule has 0 radical (unpaired) electrons. The van der Waals surface area contributed by atoms with Gasteiger partial charge in [0, 0.05) is 15.9 Å². The fraction of sp³-hybridized carbons (Fsp3) is 0.0870. The number of hydrogen-bond acceptors (Lipinski definition) is 5. The van der Waals surface area contributed by atoms with Gasteiger partial charge in [0.05, 0.1) is 11.8 Å². The summed E-state index contributed by atoms with van der Waals surface area (Å²) in [7, 11) is 0. The van der Waals surface area contributed by atoms with Gasteiger partial charge in [-0.3, -0.25) is 4.79 Å². The van der Waals surface area contributed by atoms with Crippen molar-refractivity contribution in [2.24, 2.45) is 0 Å². The number of anilines is 2. The number of benzene rings is 2. The molecule has 1 atom stereocenters. The molecule has 1 aliphatic heterocycles. The lowest BCUT2D eigenvalue weighted by molar-refractivity contribution is -0.113. The largest absolute Gasteiger partial charge is 0.461 e. The Morgan fingerprint density at radius 1 is 1.10 bits per heavy atom. The number of aromatic nitrogens is 3. The number of nitrogens with zero attached hydrogens (tertiary/aromatic N) is 3. The Bertz CT molecular complexity index is 1260. The number of hydrogen-bond donors (Lipinski definition) is 2. The summed E-state index contributed by atoms with van der Waals surface area (Å²) in [6.07, 6.45) is 1.58. The van der Waals surface area contributed by atoms with Crippen molar-refractivity contribution in [1.82, 2.24) is 14.8 Å². The monoisotopic (exact) mass is 475 g/mol. The summed E-state index contributed by atoms with van der Waals surface area (Å²) in [5.41, 5.74) is 2.92. The normalized spacial score (nSPS) is 15.4. The highest BCUT2D eigenvalue weighted by Gasteiger charge is 2.34. The standard InChI is InChI=1S/C23H18BrN5O2/c1-14-19(22(30)26-17-6-3-2-4-7-17)20(15-9-11-16(24)12-10-15)29-23(25-14)27-21(28-29)18-8-5-13-31-18/h2-13,20H,1H3,(H,26,30)(H,25,27,28)/t20-/m1/s1. The summed E-state index contributed by atoms with van der Waals surface area (Å²) < 4.78 is 8.15. The SMILES string of the molecule is CC1=C(C(=O)Nc2ccccc2)[C@@H](c2ccc(Br)cc2)n2nc(-c3ccco3)nc2N1. The van der Waals surface area contributed by atoms with E-state index in [-0.39, 0.29) is 5.91 Å². The molecule has 154 valence electrons. The highest BCUT2D eigenvalue weighted by atomic mass is 79.9. The van der Waals surface area contributed by atoms with Crippen molar-refractivity contribution in [2.45, 2.75) is 13.0 Å². The molecule has 5 rings (SSSR count). The van der Waals surface area contributed by atoms with Crippen LogP contribution in [0.3, 0.4) is 0 Å². The number of allylic oxidation sites excluding steroid dienone is 1.